The summed E-state index contributed by atoms with van der Waals surface area (Å²) in [7, 11) is 1.56. The lowest BCUT2D eigenvalue weighted by Crippen LogP contribution is -2.33. The predicted molar refractivity (Wildman–Crippen MR) is 81.7 cm³/mol. The number of benzodiazepines with no additional fused rings is 1. The minimum Gasteiger partial charge on any atom is -0.495 e. The van der Waals surface area contributed by atoms with Crippen molar-refractivity contribution in [1.29, 1.82) is 0 Å². The first-order chi connectivity index (χ1) is 10.2. The number of hydrogen-bond donors (Lipinski definition) is 2. The van der Waals surface area contributed by atoms with Gasteiger partial charge in [0.1, 0.15) is 5.75 Å². The molecule has 1 heterocycles. The summed E-state index contributed by atoms with van der Waals surface area (Å²) in [6.45, 7) is 0. The number of carbonyl (C=O) groups is 1. The van der Waals surface area contributed by atoms with Crippen LogP contribution in [0.4, 0.5) is 5.69 Å². The first kappa shape index (κ1) is 13.3. The number of para-hydroxylation sites is 1. The molecule has 5 nitrogen and oxygen atoms in total. The van der Waals surface area contributed by atoms with Crippen LogP contribution in [-0.2, 0) is 4.79 Å². The van der Waals surface area contributed by atoms with Crippen LogP contribution in [0.25, 0.3) is 0 Å². The number of hydrogen-bond acceptors (Lipinski definition) is 4. The average Bonchev–Trinajstić information content (AvgIpc) is 2.65. The molecule has 0 aromatic heterocycles. The molecular formula is C16H15N3O2. The Morgan fingerprint density at radius 2 is 1.90 bits per heavy atom. The Balaban J connectivity index is 2.24. The van der Waals surface area contributed by atoms with Crippen molar-refractivity contribution in [3.05, 3.63) is 59.7 Å². The van der Waals surface area contributed by atoms with Crippen LogP contribution in [0.2, 0.25) is 0 Å². The topological polar surface area (TPSA) is 76.7 Å². The van der Waals surface area contributed by atoms with E-state index in [0.29, 0.717) is 17.1 Å². The first-order valence-electron chi connectivity index (χ1n) is 6.58. The van der Waals surface area contributed by atoms with Gasteiger partial charge in [0.2, 0.25) is 0 Å². The van der Waals surface area contributed by atoms with Gasteiger partial charge in [0.25, 0.3) is 5.91 Å². The number of carbonyl (C=O) groups excluding carboxylic acids is 1. The number of anilines is 1. The predicted octanol–water partition coefficient (Wildman–Crippen LogP) is 1.77. The van der Waals surface area contributed by atoms with Crippen molar-refractivity contribution < 1.29 is 9.53 Å². The van der Waals surface area contributed by atoms with E-state index in [1.165, 1.54) is 0 Å². The highest BCUT2D eigenvalue weighted by Gasteiger charge is 2.25. The summed E-state index contributed by atoms with van der Waals surface area (Å²) >= 11 is 0. The summed E-state index contributed by atoms with van der Waals surface area (Å²) in [5.41, 5.74) is 8.81. The lowest BCUT2D eigenvalue weighted by atomic mass is 10.0. The third-order valence-corrected chi connectivity index (χ3v) is 3.33. The smallest absolute Gasteiger partial charge is 0.263 e. The Bertz CT molecular complexity index is 711. The molecule has 1 aliphatic rings. The standard InChI is InChI=1S/C16H15N3O2/c1-21-12-9-5-8-11-13(10-6-3-2-4-7-10)18-15(17)16(20)19-14(11)12/h2-9,15H,17H2,1H3,(H,19,20)/t15-/m0/s1. The maximum absolute atomic E-state index is 12.0. The summed E-state index contributed by atoms with van der Waals surface area (Å²) in [6.07, 6.45) is -0.947. The number of benzene rings is 2. The summed E-state index contributed by atoms with van der Waals surface area (Å²) in [5, 5.41) is 2.79. The van der Waals surface area contributed by atoms with Gasteiger partial charge < -0.3 is 15.8 Å². The van der Waals surface area contributed by atoms with Gasteiger partial charge in [0.15, 0.2) is 6.17 Å². The Hall–Kier alpha value is -2.66. The molecular weight excluding hydrogens is 266 g/mol. The van der Waals surface area contributed by atoms with E-state index in [4.69, 9.17) is 10.5 Å². The van der Waals surface area contributed by atoms with Gasteiger partial charge in [-0.3, -0.25) is 9.79 Å². The fraction of sp³-hybridized carbons (Fsp3) is 0.125. The van der Waals surface area contributed by atoms with Gasteiger partial charge in [-0.25, -0.2) is 0 Å². The van der Waals surface area contributed by atoms with E-state index in [0.717, 1.165) is 11.1 Å². The lowest BCUT2D eigenvalue weighted by molar-refractivity contribution is -0.117. The maximum Gasteiger partial charge on any atom is 0.263 e. The highest BCUT2D eigenvalue weighted by Crippen LogP contribution is 2.32. The van der Waals surface area contributed by atoms with Gasteiger partial charge in [0, 0.05) is 11.1 Å². The monoisotopic (exact) mass is 281 g/mol. The summed E-state index contributed by atoms with van der Waals surface area (Å²) in [5.74, 6) is 0.227. The van der Waals surface area contributed by atoms with E-state index >= 15 is 0 Å². The molecule has 2 aromatic rings. The Kier molecular flexibility index (Phi) is 3.41. The van der Waals surface area contributed by atoms with E-state index in [2.05, 4.69) is 10.3 Å². The van der Waals surface area contributed by atoms with Crippen molar-refractivity contribution >= 4 is 17.3 Å². The highest BCUT2D eigenvalue weighted by atomic mass is 16.5. The number of nitrogens with one attached hydrogen (secondary N) is 1. The van der Waals surface area contributed by atoms with Crippen molar-refractivity contribution in [3.8, 4) is 5.75 Å². The number of fused-ring (bicyclic) bond motifs is 1. The third kappa shape index (κ3) is 2.39. The van der Waals surface area contributed by atoms with E-state index < -0.39 is 6.17 Å². The molecule has 0 fully saturated rings. The molecule has 21 heavy (non-hydrogen) atoms. The van der Waals surface area contributed by atoms with Crippen LogP contribution in [0.5, 0.6) is 5.75 Å². The van der Waals surface area contributed by atoms with Gasteiger partial charge in [-0.15, -0.1) is 0 Å². The van der Waals surface area contributed by atoms with E-state index in [-0.39, 0.29) is 5.91 Å². The zero-order chi connectivity index (χ0) is 14.8. The number of ether oxygens (including phenoxy) is 1. The van der Waals surface area contributed by atoms with Crippen molar-refractivity contribution in [2.45, 2.75) is 6.17 Å². The summed E-state index contributed by atoms with van der Waals surface area (Å²) in [4.78, 5) is 16.4. The van der Waals surface area contributed by atoms with Crippen LogP contribution >= 0.6 is 0 Å². The molecule has 5 heteroatoms. The minimum atomic E-state index is -0.947. The molecule has 0 bridgehead atoms. The Labute approximate surface area is 122 Å². The van der Waals surface area contributed by atoms with Crippen LogP contribution < -0.4 is 15.8 Å². The van der Waals surface area contributed by atoms with Crippen molar-refractivity contribution in [2.24, 2.45) is 10.7 Å². The molecule has 106 valence electrons. The minimum absolute atomic E-state index is 0.355. The van der Waals surface area contributed by atoms with Crippen LogP contribution in [-0.4, -0.2) is 24.9 Å². The third-order valence-electron chi connectivity index (χ3n) is 3.33. The van der Waals surface area contributed by atoms with Crippen LogP contribution in [0.1, 0.15) is 11.1 Å². The molecule has 1 aliphatic heterocycles. The van der Waals surface area contributed by atoms with Crippen molar-refractivity contribution in [1.82, 2.24) is 0 Å². The van der Waals surface area contributed by atoms with Crippen LogP contribution in [0.3, 0.4) is 0 Å². The number of rotatable bonds is 2. The largest absolute Gasteiger partial charge is 0.495 e. The molecule has 0 aliphatic carbocycles. The fourth-order valence-corrected chi connectivity index (χ4v) is 2.32. The molecule has 2 aromatic carbocycles. The second-order valence-corrected chi connectivity index (χ2v) is 4.66. The Morgan fingerprint density at radius 1 is 1.14 bits per heavy atom. The van der Waals surface area contributed by atoms with E-state index in [1.807, 2.05) is 42.5 Å². The van der Waals surface area contributed by atoms with Gasteiger partial charge >= 0.3 is 0 Å². The zero-order valence-electron chi connectivity index (χ0n) is 11.5. The quantitative estimate of drug-likeness (QED) is 0.880. The van der Waals surface area contributed by atoms with Gasteiger partial charge in [-0.1, -0.05) is 42.5 Å². The first-order valence-corrected chi connectivity index (χ1v) is 6.58. The molecule has 0 saturated carbocycles. The fourth-order valence-electron chi connectivity index (χ4n) is 2.32. The molecule has 0 unspecified atom stereocenters. The number of nitrogens with zero attached hydrogens (tertiary/aromatic N) is 1. The lowest BCUT2D eigenvalue weighted by Gasteiger charge is -2.13. The van der Waals surface area contributed by atoms with Gasteiger partial charge in [0.05, 0.1) is 18.5 Å². The van der Waals surface area contributed by atoms with E-state index in [9.17, 15) is 4.79 Å². The molecule has 3 N–H and O–H groups in total. The normalized spacial score (nSPS) is 17.3. The SMILES string of the molecule is COc1cccc2c1NC(=O)[C@@H](N)N=C2c1ccccc1. The number of methoxy groups -OCH3 is 1. The molecule has 1 atom stereocenters. The summed E-state index contributed by atoms with van der Waals surface area (Å²) < 4.78 is 5.33. The molecule has 0 saturated heterocycles. The van der Waals surface area contributed by atoms with Gasteiger partial charge in [-0.05, 0) is 6.07 Å². The highest BCUT2D eigenvalue weighted by molar-refractivity contribution is 6.20. The van der Waals surface area contributed by atoms with Crippen molar-refractivity contribution in [2.75, 3.05) is 12.4 Å². The van der Waals surface area contributed by atoms with Crippen LogP contribution in [0, 0.1) is 0 Å². The second-order valence-electron chi connectivity index (χ2n) is 4.66. The number of amides is 1. The second kappa shape index (κ2) is 5.38. The maximum atomic E-state index is 12.0. The molecule has 0 radical (unpaired) electrons. The van der Waals surface area contributed by atoms with E-state index in [1.54, 1.807) is 13.2 Å². The number of aliphatic imine (C=N–C) groups is 1. The zero-order valence-corrected chi connectivity index (χ0v) is 11.5. The molecule has 1 amide bonds. The number of nitrogens with two attached hydrogens (primary N) is 1. The van der Waals surface area contributed by atoms with Gasteiger partial charge in [-0.2, -0.15) is 0 Å². The Morgan fingerprint density at radius 3 is 2.62 bits per heavy atom. The molecule has 0 spiro atoms. The van der Waals surface area contributed by atoms with Crippen LogP contribution in [0.15, 0.2) is 53.5 Å². The average molecular weight is 281 g/mol. The molecule has 3 rings (SSSR count). The van der Waals surface area contributed by atoms with Crippen molar-refractivity contribution in [3.63, 3.8) is 0 Å². The summed E-state index contributed by atoms with van der Waals surface area (Å²) in [6, 6.07) is 15.2.